The standard InChI is InChI=1S/C12H15N3O3S2/c1-8(13)9-3-2-4-11(5-9)20(17,18)14-6-10-7-19-12(16)15-10/h2-5,7-8,14H,6,13H2,1H3,(H,15,16). The normalized spacial score (nSPS) is 13.3. The first-order valence-electron chi connectivity index (χ1n) is 5.90. The molecule has 0 amide bonds. The van der Waals surface area contributed by atoms with Crippen molar-refractivity contribution in [3.05, 3.63) is 50.6 Å². The van der Waals surface area contributed by atoms with Crippen LogP contribution in [-0.4, -0.2) is 13.4 Å². The Kier molecular flexibility index (Phi) is 4.39. The molecule has 4 N–H and O–H groups in total. The highest BCUT2D eigenvalue weighted by molar-refractivity contribution is 7.89. The van der Waals surface area contributed by atoms with E-state index in [2.05, 4.69) is 9.71 Å². The van der Waals surface area contributed by atoms with Crippen LogP contribution in [0.1, 0.15) is 24.2 Å². The summed E-state index contributed by atoms with van der Waals surface area (Å²) in [5, 5.41) is 1.59. The molecule has 0 aliphatic heterocycles. The Morgan fingerprint density at radius 3 is 2.80 bits per heavy atom. The summed E-state index contributed by atoms with van der Waals surface area (Å²) in [6, 6.07) is 6.24. The largest absolute Gasteiger partial charge is 0.324 e. The van der Waals surface area contributed by atoms with Crippen molar-refractivity contribution in [2.75, 3.05) is 0 Å². The highest BCUT2D eigenvalue weighted by atomic mass is 32.2. The summed E-state index contributed by atoms with van der Waals surface area (Å²) in [5.41, 5.74) is 7.02. The van der Waals surface area contributed by atoms with Crippen LogP contribution in [0.3, 0.4) is 0 Å². The number of rotatable bonds is 5. The molecule has 0 saturated heterocycles. The van der Waals surface area contributed by atoms with Crippen molar-refractivity contribution >= 4 is 21.4 Å². The van der Waals surface area contributed by atoms with Crippen molar-refractivity contribution in [2.45, 2.75) is 24.4 Å². The summed E-state index contributed by atoms with van der Waals surface area (Å²) < 4.78 is 26.7. The molecule has 0 spiro atoms. The van der Waals surface area contributed by atoms with E-state index in [0.717, 1.165) is 16.9 Å². The molecule has 1 heterocycles. The summed E-state index contributed by atoms with van der Waals surface area (Å²) in [7, 11) is -3.63. The number of thiazole rings is 1. The molecule has 0 bridgehead atoms. The van der Waals surface area contributed by atoms with Crippen LogP contribution in [0, 0.1) is 0 Å². The van der Waals surface area contributed by atoms with Crippen molar-refractivity contribution in [3.8, 4) is 0 Å². The topological polar surface area (TPSA) is 105 Å². The van der Waals surface area contributed by atoms with Gasteiger partial charge in [-0.1, -0.05) is 23.5 Å². The van der Waals surface area contributed by atoms with Gasteiger partial charge in [0.1, 0.15) is 0 Å². The van der Waals surface area contributed by atoms with Crippen LogP contribution in [0.2, 0.25) is 0 Å². The Hall–Kier alpha value is -1.48. The van der Waals surface area contributed by atoms with Gasteiger partial charge in [0.25, 0.3) is 0 Å². The van der Waals surface area contributed by atoms with Crippen molar-refractivity contribution in [1.29, 1.82) is 0 Å². The fourth-order valence-corrected chi connectivity index (χ4v) is 3.26. The molecule has 108 valence electrons. The monoisotopic (exact) mass is 313 g/mol. The quantitative estimate of drug-likeness (QED) is 0.763. The van der Waals surface area contributed by atoms with Gasteiger partial charge >= 0.3 is 4.87 Å². The summed E-state index contributed by atoms with van der Waals surface area (Å²) >= 11 is 0.995. The minimum absolute atomic E-state index is 0.0451. The number of nitrogens with two attached hydrogens (primary N) is 1. The Morgan fingerprint density at radius 2 is 2.20 bits per heavy atom. The third-order valence-corrected chi connectivity index (χ3v) is 4.84. The minimum Gasteiger partial charge on any atom is -0.324 e. The average Bonchev–Trinajstić information content (AvgIpc) is 2.82. The van der Waals surface area contributed by atoms with Gasteiger partial charge in [-0.25, -0.2) is 13.1 Å². The highest BCUT2D eigenvalue weighted by Gasteiger charge is 2.15. The Bertz CT molecular complexity index is 747. The van der Waals surface area contributed by atoms with E-state index in [1.54, 1.807) is 30.5 Å². The lowest BCUT2D eigenvalue weighted by Crippen LogP contribution is -2.24. The van der Waals surface area contributed by atoms with Crippen LogP contribution in [0.25, 0.3) is 0 Å². The lowest BCUT2D eigenvalue weighted by atomic mass is 10.1. The van der Waals surface area contributed by atoms with E-state index in [0.29, 0.717) is 5.69 Å². The number of benzene rings is 1. The number of nitrogens with one attached hydrogen (secondary N) is 2. The average molecular weight is 313 g/mol. The van der Waals surface area contributed by atoms with E-state index >= 15 is 0 Å². The first kappa shape index (κ1) is 14.9. The molecule has 2 aromatic rings. The first-order valence-corrected chi connectivity index (χ1v) is 8.26. The molecule has 0 aliphatic rings. The first-order chi connectivity index (χ1) is 9.38. The molecule has 0 saturated carbocycles. The van der Waals surface area contributed by atoms with Crippen molar-refractivity contribution in [2.24, 2.45) is 5.73 Å². The maximum Gasteiger partial charge on any atom is 0.304 e. The van der Waals surface area contributed by atoms with Gasteiger partial charge in [-0.2, -0.15) is 0 Å². The molecule has 8 heteroatoms. The van der Waals surface area contributed by atoms with Gasteiger partial charge < -0.3 is 10.7 Å². The lowest BCUT2D eigenvalue weighted by molar-refractivity contribution is 0.580. The van der Waals surface area contributed by atoms with Gasteiger partial charge in [-0.3, -0.25) is 4.79 Å². The SMILES string of the molecule is CC(N)c1cccc(S(=O)(=O)NCc2csc(=O)[nH]2)c1. The van der Waals surface area contributed by atoms with Crippen LogP contribution in [0.15, 0.2) is 39.3 Å². The second kappa shape index (κ2) is 5.88. The van der Waals surface area contributed by atoms with E-state index in [1.165, 1.54) is 6.07 Å². The Balaban J connectivity index is 2.17. The molecule has 1 unspecified atom stereocenters. The van der Waals surface area contributed by atoms with E-state index in [-0.39, 0.29) is 22.4 Å². The second-order valence-electron chi connectivity index (χ2n) is 4.36. The minimum atomic E-state index is -3.63. The third-order valence-electron chi connectivity index (χ3n) is 2.72. The van der Waals surface area contributed by atoms with Crippen LogP contribution in [0.5, 0.6) is 0 Å². The number of aromatic nitrogens is 1. The number of H-pyrrole nitrogens is 1. The number of sulfonamides is 1. The van der Waals surface area contributed by atoms with Gasteiger partial charge in [0.05, 0.1) is 11.4 Å². The number of aromatic amines is 1. The van der Waals surface area contributed by atoms with E-state index in [1.807, 2.05) is 0 Å². The molecule has 0 radical (unpaired) electrons. The van der Waals surface area contributed by atoms with Gasteiger partial charge in [0.15, 0.2) is 0 Å². The molecule has 0 aliphatic carbocycles. The van der Waals surface area contributed by atoms with Crippen molar-refractivity contribution in [1.82, 2.24) is 9.71 Å². The number of hydrogen-bond donors (Lipinski definition) is 3. The predicted octanol–water partition coefficient (Wildman–Crippen LogP) is 0.935. The maximum atomic E-state index is 12.1. The maximum absolute atomic E-state index is 12.1. The van der Waals surface area contributed by atoms with Crippen LogP contribution >= 0.6 is 11.3 Å². The zero-order valence-corrected chi connectivity index (χ0v) is 12.4. The molecule has 1 atom stereocenters. The highest BCUT2D eigenvalue weighted by Crippen LogP contribution is 2.16. The predicted molar refractivity (Wildman–Crippen MR) is 78.0 cm³/mol. The summed E-state index contributed by atoms with van der Waals surface area (Å²) in [4.78, 5) is 13.5. The fourth-order valence-electron chi connectivity index (χ4n) is 1.62. The van der Waals surface area contributed by atoms with Crippen LogP contribution in [-0.2, 0) is 16.6 Å². The zero-order valence-electron chi connectivity index (χ0n) is 10.8. The van der Waals surface area contributed by atoms with Gasteiger partial charge in [-0.15, -0.1) is 0 Å². The third kappa shape index (κ3) is 3.54. The molecule has 1 aromatic heterocycles. The van der Waals surface area contributed by atoms with E-state index in [4.69, 9.17) is 5.73 Å². The van der Waals surface area contributed by atoms with E-state index in [9.17, 15) is 13.2 Å². The number of hydrogen-bond acceptors (Lipinski definition) is 5. The van der Waals surface area contributed by atoms with E-state index < -0.39 is 10.0 Å². The fraction of sp³-hybridized carbons (Fsp3) is 0.250. The van der Waals surface area contributed by atoms with Crippen molar-refractivity contribution < 1.29 is 8.42 Å². The molecule has 20 heavy (non-hydrogen) atoms. The summed E-state index contributed by atoms with van der Waals surface area (Å²) in [5.74, 6) is 0. The molecule has 1 aromatic carbocycles. The summed E-state index contributed by atoms with van der Waals surface area (Å²) in [6.07, 6.45) is 0. The van der Waals surface area contributed by atoms with Gasteiger partial charge in [0, 0.05) is 17.1 Å². The van der Waals surface area contributed by atoms with Gasteiger partial charge in [0.2, 0.25) is 10.0 Å². The smallest absolute Gasteiger partial charge is 0.304 e. The Morgan fingerprint density at radius 1 is 1.45 bits per heavy atom. The molecular formula is C12H15N3O3S2. The van der Waals surface area contributed by atoms with Crippen LogP contribution in [0.4, 0.5) is 0 Å². The van der Waals surface area contributed by atoms with Crippen molar-refractivity contribution in [3.63, 3.8) is 0 Å². The summed E-state index contributed by atoms with van der Waals surface area (Å²) in [6.45, 7) is 1.83. The van der Waals surface area contributed by atoms with Crippen LogP contribution < -0.4 is 15.3 Å². The zero-order chi connectivity index (χ0) is 14.8. The lowest BCUT2D eigenvalue weighted by Gasteiger charge is -2.09. The molecule has 2 rings (SSSR count). The second-order valence-corrected chi connectivity index (χ2v) is 6.97. The molecule has 6 nitrogen and oxygen atoms in total. The molecular weight excluding hydrogens is 298 g/mol. The molecule has 0 fully saturated rings. The Labute approximate surface area is 120 Å². The van der Waals surface area contributed by atoms with Gasteiger partial charge in [-0.05, 0) is 24.6 Å².